The number of aliphatic imine (C=N–C) groups is 1. The number of nitrogens with one attached hydrogen (secondary N) is 2. The first kappa shape index (κ1) is 19.5. The van der Waals surface area contributed by atoms with Gasteiger partial charge in [-0.15, -0.1) is 0 Å². The van der Waals surface area contributed by atoms with E-state index in [-0.39, 0.29) is 0 Å². The highest BCUT2D eigenvalue weighted by Crippen LogP contribution is 2.01. The molecule has 0 heterocycles. The first-order valence-electron chi connectivity index (χ1n) is 8.49. The molecule has 0 aliphatic heterocycles. The lowest BCUT2D eigenvalue weighted by Crippen LogP contribution is -2.38. The van der Waals surface area contributed by atoms with Crippen molar-refractivity contribution in [3.8, 4) is 0 Å². The summed E-state index contributed by atoms with van der Waals surface area (Å²) in [6.07, 6.45) is 3.06. The van der Waals surface area contributed by atoms with E-state index in [1.54, 1.807) is 7.11 Å². The molecule has 0 aromatic heterocycles. The topological polar surface area (TPSA) is 54.9 Å². The van der Waals surface area contributed by atoms with E-state index in [9.17, 15) is 0 Å². The molecule has 130 valence electrons. The number of rotatable bonds is 12. The minimum absolute atomic E-state index is 0.692. The Bertz CT molecular complexity index is 410. The standard InChI is InChI=1S/C18H31N3O2/c1-3-19-18(21-13-9-14-22-2)20-12-7-8-15-23-16-17-10-5-4-6-11-17/h4-6,10-11H,3,7-9,12-16H2,1-2H3,(H2,19,20,21). The summed E-state index contributed by atoms with van der Waals surface area (Å²) in [5.74, 6) is 0.883. The van der Waals surface area contributed by atoms with Crippen LogP contribution in [0.25, 0.3) is 0 Å². The summed E-state index contributed by atoms with van der Waals surface area (Å²) in [7, 11) is 1.72. The predicted molar refractivity (Wildman–Crippen MR) is 95.8 cm³/mol. The summed E-state index contributed by atoms with van der Waals surface area (Å²) >= 11 is 0. The molecule has 1 aromatic carbocycles. The molecule has 0 atom stereocenters. The van der Waals surface area contributed by atoms with Crippen LogP contribution >= 0.6 is 0 Å². The number of methoxy groups -OCH3 is 1. The second kappa shape index (κ2) is 14.0. The predicted octanol–water partition coefficient (Wildman–Crippen LogP) is 2.58. The van der Waals surface area contributed by atoms with E-state index >= 15 is 0 Å². The molecule has 0 saturated carbocycles. The van der Waals surface area contributed by atoms with Crippen molar-refractivity contribution < 1.29 is 9.47 Å². The van der Waals surface area contributed by atoms with Crippen molar-refractivity contribution in [1.82, 2.24) is 10.6 Å². The van der Waals surface area contributed by atoms with Crippen LogP contribution in [0.3, 0.4) is 0 Å². The minimum Gasteiger partial charge on any atom is -0.385 e. The van der Waals surface area contributed by atoms with Gasteiger partial charge in [-0.2, -0.15) is 0 Å². The number of hydrogen-bond acceptors (Lipinski definition) is 3. The van der Waals surface area contributed by atoms with Crippen LogP contribution in [0.4, 0.5) is 0 Å². The molecule has 0 aliphatic carbocycles. The maximum Gasteiger partial charge on any atom is 0.191 e. The quantitative estimate of drug-likeness (QED) is 0.353. The first-order valence-corrected chi connectivity index (χ1v) is 8.49. The molecule has 0 amide bonds. The Morgan fingerprint density at radius 3 is 2.61 bits per heavy atom. The van der Waals surface area contributed by atoms with Gasteiger partial charge in [0.2, 0.25) is 0 Å². The molecule has 5 heteroatoms. The van der Waals surface area contributed by atoms with Gasteiger partial charge in [0.1, 0.15) is 0 Å². The fraction of sp³-hybridized carbons (Fsp3) is 0.611. The highest BCUT2D eigenvalue weighted by atomic mass is 16.5. The Morgan fingerprint density at radius 1 is 1.04 bits per heavy atom. The highest BCUT2D eigenvalue weighted by molar-refractivity contribution is 5.79. The van der Waals surface area contributed by atoms with Crippen LogP contribution in [0.15, 0.2) is 35.3 Å². The molecule has 1 aromatic rings. The van der Waals surface area contributed by atoms with Gasteiger partial charge in [-0.1, -0.05) is 30.3 Å². The van der Waals surface area contributed by atoms with E-state index < -0.39 is 0 Å². The second-order valence-corrected chi connectivity index (χ2v) is 5.28. The Morgan fingerprint density at radius 2 is 1.87 bits per heavy atom. The van der Waals surface area contributed by atoms with Crippen molar-refractivity contribution in [2.24, 2.45) is 4.99 Å². The maximum atomic E-state index is 5.68. The van der Waals surface area contributed by atoms with E-state index in [0.29, 0.717) is 6.61 Å². The summed E-state index contributed by atoms with van der Waals surface area (Å²) in [6, 6.07) is 10.3. The lowest BCUT2D eigenvalue weighted by Gasteiger charge is -2.11. The van der Waals surface area contributed by atoms with Gasteiger partial charge < -0.3 is 20.1 Å². The van der Waals surface area contributed by atoms with Crippen molar-refractivity contribution in [3.63, 3.8) is 0 Å². The average Bonchev–Trinajstić information content (AvgIpc) is 2.58. The molecule has 0 unspecified atom stereocenters. The fourth-order valence-corrected chi connectivity index (χ4v) is 2.04. The molecular weight excluding hydrogens is 290 g/mol. The van der Waals surface area contributed by atoms with Crippen LogP contribution in [-0.2, 0) is 16.1 Å². The van der Waals surface area contributed by atoms with Crippen LogP contribution < -0.4 is 10.6 Å². The van der Waals surface area contributed by atoms with Crippen molar-refractivity contribution in [2.45, 2.75) is 32.8 Å². The molecule has 0 aliphatic rings. The average molecular weight is 321 g/mol. The third-order valence-electron chi connectivity index (χ3n) is 3.24. The molecule has 0 saturated heterocycles. The molecule has 0 spiro atoms. The van der Waals surface area contributed by atoms with Crippen molar-refractivity contribution in [1.29, 1.82) is 0 Å². The zero-order chi connectivity index (χ0) is 16.6. The zero-order valence-electron chi connectivity index (χ0n) is 14.5. The first-order chi connectivity index (χ1) is 11.4. The highest BCUT2D eigenvalue weighted by Gasteiger charge is 1.97. The van der Waals surface area contributed by atoms with E-state index in [4.69, 9.17) is 9.47 Å². The molecule has 5 nitrogen and oxygen atoms in total. The van der Waals surface area contributed by atoms with Gasteiger partial charge in [0.25, 0.3) is 0 Å². The van der Waals surface area contributed by atoms with Gasteiger partial charge in [0, 0.05) is 40.0 Å². The monoisotopic (exact) mass is 321 g/mol. The lowest BCUT2D eigenvalue weighted by molar-refractivity contribution is 0.117. The maximum absolute atomic E-state index is 5.68. The number of benzene rings is 1. The van der Waals surface area contributed by atoms with Crippen LogP contribution in [0.5, 0.6) is 0 Å². The molecule has 2 N–H and O–H groups in total. The smallest absolute Gasteiger partial charge is 0.191 e. The molecule has 0 radical (unpaired) electrons. The summed E-state index contributed by atoms with van der Waals surface area (Å²) in [5.41, 5.74) is 1.23. The van der Waals surface area contributed by atoms with Gasteiger partial charge >= 0.3 is 0 Å². The zero-order valence-corrected chi connectivity index (χ0v) is 14.5. The SMILES string of the molecule is CCNC(=NCCCOC)NCCCCOCc1ccccc1. The van der Waals surface area contributed by atoms with Crippen molar-refractivity contribution >= 4 is 5.96 Å². The Kier molecular flexibility index (Phi) is 11.9. The van der Waals surface area contributed by atoms with Gasteiger partial charge in [-0.25, -0.2) is 0 Å². The molecule has 1 rings (SSSR count). The Balaban J connectivity index is 2.04. The number of unbranched alkanes of at least 4 members (excludes halogenated alkanes) is 1. The Labute approximate surface area is 140 Å². The molecule has 23 heavy (non-hydrogen) atoms. The lowest BCUT2D eigenvalue weighted by atomic mass is 10.2. The number of nitrogens with zero attached hydrogens (tertiary/aromatic N) is 1. The number of ether oxygens (including phenoxy) is 2. The van der Waals surface area contributed by atoms with Gasteiger partial charge in [0.05, 0.1) is 6.61 Å². The van der Waals surface area contributed by atoms with Gasteiger partial charge in [0.15, 0.2) is 5.96 Å². The number of guanidine groups is 1. The van der Waals surface area contributed by atoms with E-state index in [1.807, 2.05) is 18.2 Å². The van der Waals surface area contributed by atoms with E-state index in [0.717, 1.165) is 58.1 Å². The van der Waals surface area contributed by atoms with Crippen molar-refractivity contribution in [3.05, 3.63) is 35.9 Å². The van der Waals surface area contributed by atoms with Crippen LogP contribution in [0.2, 0.25) is 0 Å². The summed E-state index contributed by atoms with van der Waals surface area (Å²) in [5, 5.41) is 6.60. The summed E-state index contributed by atoms with van der Waals surface area (Å²) < 4.78 is 10.7. The largest absolute Gasteiger partial charge is 0.385 e. The second-order valence-electron chi connectivity index (χ2n) is 5.28. The van der Waals surface area contributed by atoms with Crippen LogP contribution in [-0.4, -0.2) is 45.9 Å². The third-order valence-corrected chi connectivity index (χ3v) is 3.24. The minimum atomic E-state index is 0.692. The normalized spacial score (nSPS) is 11.5. The summed E-state index contributed by atoms with van der Waals surface area (Å²) in [6.45, 7) is 6.87. The molecule has 0 bridgehead atoms. The molecule has 0 fully saturated rings. The van der Waals surface area contributed by atoms with E-state index in [1.165, 1.54) is 5.56 Å². The fourth-order valence-electron chi connectivity index (χ4n) is 2.04. The van der Waals surface area contributed by atoms with Crippen LogP contribution in [0, 0.1) is 0 Å². The van der Waals surface area contributed by atoms with E-state index in [2.05, 4.69) is 34.7 Å². The van der Waals surface area contributed by atoms with Crippen molar-refractivity contribution in [2.75, 3.05) is 40.0 Å². The molecular formula is C18H31N3O2. The van der Waals surface area contributed by atoms with Gasteiger partial charge in [-0.05, 0) is 31.7 Å². The van der Waals surface area contributed by atoms with Crippen LogP contribution in [0.1, 0.15) is 31.7 Å². The third kappa shape index (κ3) is 10.7. The summed E-state index contributed by atoms with van der Waals surface area (Å²) in [4.78, 5) is 4.51. The van der Waals surface area contributed by atoms with Gasteiger partial charge in [-0.3, -0.25) is 4.99 Å². The Hall–Kier alpha value is -1.59. The number of hydrogen-bond donors (Lipinski definition) is 2.